The van der Waals surface area contributed by atoms with Crippen LogP contribution in [0.25, 0.3) is 0 Å². The number of amides is 3. The van der Waals surface area contributed by atoms with Gasteiger partial charge >= 0.3 is 0 Å². The fourth-order valence-electron chi connectivity index (χ4n) is 2.09. The van der Waals surface area contributed by atoms with Crippen molar-refractivity contribution in [3.63, 3.8) is 0 Å². The van der Waals surface area contributed by atoms with Gasteiger partial charge in [-0.1, -0.05) is 23.7 Å². The number of carbonyl (C=O) groups excluding carboxylic acids is 3. The van der Waals surface area contributed by atoms with E-state index in [1.807, 2.05) is 12.1 Å². The number of aryl methyl sites for hydroxylation is 1. The van der Waals surface area contributed by atoms with Gasteiger partial charge in [-0.2, -0.15) is 0 Å². The molecule has 3 amide bonds. The van der Waals surface area contributed by atoms with Crippen LogP contribution in [0.3, 0.4) is 0 Å². The predicted octanol–water partition coefficient (Wildman–Crippen LogP) is 0.756. The fourth-order valence-corrected chi connectivity index (χ4v) is 2.22. The maximum atomic E-state index is 11.9. The zero-order valence-electron chi connectivity index (χ0n) is 12.2. The molecule has 120 valence electrons. The molecule has 22 heavy (non-hydrogen) atoms. The summed E-state index contributed by atoms with van der Waals surface area (Å²) in [4.78, 5) is 33.7. The standard InChI is InChI=1S/C15H20ClN3O3/c16-12-6-4-10(5-7-12)2-1-3-11(8-13(17)20)15(22)19-9-14(18)21/h4-7,11H,1-3,8-9H2,(H2,17,20)(H2,18,21)(H,19,22)/t11-/m1/s1. The van der Waals surface area contributed by atoms with Gasteiger partial charge in [0.2, 0.25) is 17.7 Å². The van der Waals surface area contributed by atoms with Crippen molar-refractivity contribution >= 4 is 29.3 Å². The molecule has 0 aliphatic rings. The lowest BCUT2D eigenvalue weighted by atomic mass is 9.95. The lowest BCUT2D eigenvalue weighted by Gasteiger charge is -2.14. The molecule has 1 rings (SSSR count). The van der Waals surface area contributed by atoms with Gasteiger partial charge in [-0.3, -0.25) is 14.4 Å². The highest BCUT2D eigenvalue weighted by Crippen LogP contribution is 2.16. The van der Waals surface area contributed by atoms with E-state index in [1.54, 1.807) is 12.1 Å². The van der Waals surface area contributed by atoms with Crippen LogP contribution in [0, 0.1) is 5.92 Å². The molecule has 1 aromatic carbocycles. The smallest absolute Gasteiger partial charge is 0.236 e. The molecule has 6 nitrogen and oxygen atoms in total. The summed E-state index contributed by atoms with van der Waals surface area (Å²) in [6.07, 6.45) is 1.92. The first kappa shape index (κ1) is 18.0. The van der Waals surface area contributed by atoms with Crippen molar-refractivity contribution in [1.82, 2.24) is 5.32 Å². The molecular weight excluding hydrogens is 306 g/mol. The lowest BCUT2D eigenvalue weighted by Crippen LogP contribution is -2.38. The van der Waals surface area contributed by atoms with Crippen LogP contribution in [-0.2, 0) is 20.8 Å². The van der Waals surface area contributed by atoms with E-state index in [-0.39, 0.29) is 18.9 Å². The van der Waals surface area contributed by atoms with E-state index in [0.717, 1.165) is 12.0 Å². The number of nitrogens with one attached hydrogen (secondary N) is 1. The van der Waals surface area contributed by atoms with Gasteiger partial charge in [0.15, 0.2) is 0 Å². The molecule has 5 N–H and O–H groups in total. The molecule has 0 heterocycles. The van der Waals surface area contributed by atoms with Gasteiger partial charge in [-0.15, -0.1) is 0 Å². The Hall–Kier alpha value is -2.08. The third-order valence-electron chi connectivity index (χ3n) is 3.19. The number of nitrogens with two attached hydrogens (primary N) is 2. The molecular formula is C15H20ClN3O3. The number of halogens is 1. The molecule has 1 atom stereocenters. The second-order valence-electron chi connectivity index (χ2n) is 5.07. The van der Waals surface area contributed by atoms with E-state index in [4.69, 9.17) is 23.1 Å². The largest absolute Gasteiger partial charge is 0.370 e. The Morgan fingerprint density at radius 2 is 1.73 bits per heavy atom. The SMILES string of the molecule is NC(=O)CNC(=O)[C@H](CCCc1ccc(Cl)cc1)CC(N)=O. The van der Waals surface area contributed by atoms with Crippen molar-refractivity contribution in [2.75, 3.05) is 6.54 Å². The maximum Gasteiger partial charge on any atom is 0.236 e. The Bertz CT molecular complexity index is 531. The summed E-state index contributed by atoms with van der Waals surface area (Å²) in [7, 11) is 0. The second-order valence-corrected chi connectivity index (χ2v) is 5.51. The van der Waals surface area contributed by atoms with Gasteiger partial charge in [-0.25, -0.2) is 0 Å². The minimum Gasteiger partial charge on any atom is -0.370 e. The summed E-state index contributed by atoms with van der Waals surface area (Å²) >= 11 is 5.81. The second kappa shape index (κ2) is 9.04. The van der Waals surface area contributed by atoms with Crippen LogP contribution in [-0.4, -0.2) is 24.3 Å². The van der Waals surface area contributed by atoms with Crippen molar-refractivity contribution in [1.29, 1.82) is 0 Å². The Labute approximate surface area is 134 Å². The van der Waals surface area contributed by atoms with Gasteiger partial charge in [0, 0.05) is 17.4 Å². The molecule has 1 aromatic rings. The average molecular weight is 326 g/mol. The van der Waals surface area contributed by atoms with Crippen LogP contribution >= 0.6 is 11.6 Å². The summed E-state index contributed by atoms with van der Waals surface area (Å²) in [6, 6.07) is 7.44. The summed E-state index contributed by atoms with van der Waals surface area (Å²) < 4.78 is 0. The lowest BCUT2D eigenvalue weighted by molar-refractivity contribution is -0.130. The number of carbonyl (C=O) groups is 3. The van der Waals surface area contributed by atoms with E-state index < -0.39 is 17.7 Å². The van der Waals surface area contributed by atoms with Crippen molar-refractivity contribution in [2.45, 2.75) is 25.7 Å². The fraction of sp³-hybridized carbons (Fsp3) is 0.400. The van der Waals surface area contributed by atoms with E-state index in [0.29, 0.717) is 17.9 Å². The highest BCUT2D eigenvalue weighted by molar-refractivity contribution is 6.30. The first-order valence-electron chi connectivity index (χ1n) is 6.97. The monoisotopic (exact) mass is 325 g/mol. The predicted molar refractivity (Wildman–Crippen MR) is 83.9 cm³/mol. The van der Waals surface area contributed by atoms with Crippen LogP contribution in [0.5, 0.6) is 0 Å². The van der Waals surface area contributed by atoms with E-state index in [2.05, 4.69) is 5.32 Å². The molecule has 0 aliphatic heterocycles. The summed E-state index contributed by atoms with van der Waals surface area (Å²) in [5, 5.41) is 3.07. The number of rotatable bonds is 9. The highest BCUT2D eigenvalue weighted by atomic mass is 35.5. The molecule has 0 fully saturated rings. The number of hydrogen-bond donors (Lipinski definition) is 3. The first-order chi connectivity index (χ1) is 10.4. The van der Waals surface area contributed by atoms with Gasteiger partial charge in [0.1, 0.15) is 0 Å². The third kappa shape index (κ3) is 7.08. The Morgan fingerprint density at radius 1 is 1.09 bits per heavy atom. The number of primary amides is 2. The molecule has 7 heteroatoms. The highest BCUT2D eigenvalue weighted by Gasteiger charge is 2.20. The molecule has 0 aliphatic carbocycles. The number of benzene rings is 1. The van der Waals surface area contributed by atoms with Crippen molar-refractivity contribution < 1.29 is 14.4 Å². The molecule has 0 spiro atoms. The van der Waals surface area contributed by atoms with E-state index >= 15 is 0 Å². The van der Waals surface area contributed by atoms with Crippen LogP contribution in [0.1, 0.15) is 24.8 Å². The quantitative estimate of drug-likeness (QED) is 0.622. The third-order valence-corrected chi connectivity index (χ3v) is 3.44. The topological polar surface area (TPSA) is 115 Å². The van der Waals surface area contributed by atoms with Gasteiger partial charge in [0.05, 0.1) is 6.54 Å². The summed E-state index contributed by atoms with van der Waals surface area (Å²) in [5.74, 6) is -2.11. The average Bonchev–Trinajstić information content (AvgIpc) is 2.45. The summed E-state index contributed by atoms with van der Waals surface area (Å²) in [5.41, 5.74) is 11.2. The zero-order valence-corrected chi connectivity index (χ0v) is 12.9. The van der Waals surface area contributed by atoms with Crippen molar-refractivity contribution in [3.8, 4) is 0 Å². The molecule has 0 bridgehead atoms. The maximum absolute atomic E-state index is 11.9. The molecule has 0 saturated carbocycles. The first-order valence-corrected chi connectivity index (χ1v) is 7.35. The Kier molecular flexibility index (Phi) is 7.39. The van der Waals surface area contributed by atoms with E-state index in [1.165, 1.54) is 0 Å². The molecule has 0 aromatic heterocycles. The molecule has 0 saturated heterocycles. The van der Waals surface area contributed by atoms with Gasteiger partial charge in [-0.05, 0) is 37.0 Å². The Balaban J connectivity index is 2.49. The zero-order chi connectivity index (χ0) is 16.5. The van der Waals surface area contributed by atoms with Crippen molar-refractivity contribution in [3.05, 3.63) is 34.9 Å². The normalized spacial score (nSPS) is 11.7. The number of hydrogen-bond acceptors (Lipinski definition) is 3. The molecule has 0 unspecified atom stereocenters. The van der Waals surface area contributed by atoms with Gasteiger partial charge in [0.25, 0.3) is 0 Å². The van der Waals surface area contributed by atoms with Crippen LogP contribution in [0.15, 0.2) is 24.3 Å². The van der Waals surface area contributed by atoms with Crippen LogP contribution in [0.2, 0.25) is 5.02 Å². The van der Waals surface area contributed by atoms with Crippen molar-refractivity contribution in [2.24, 2.45) is 17.4 Å². The van der Waals surface area contributed by atoms with E-state index in [9.17, 15) is 14.4 Å². The van der Waals surface area contributed by atoms with Gasteiger partial charge < -0.3 is 16.8 Å². The minimum absolute atomic E-state index is 0.0504. The van der Waals surface area contributed by atoms with Crippen LogP contribution in [0.4, 0.5) is 0 Å². The Morgan fingerprint density at radius 3 is 2.27 bits per heavy atom. The minimum atomic E-state index is -0.632. The van der Waals surface area contributed by atoms with Crippen LogP contribution < -0.4 is 16.8 Å². The molecule has 0 radical (unpaired) electrons. The summed E-state index contributed by atoms with van der Waals surface area (Å²) in [6.45, 7) is -0.245.